The van der Waals surface area contributed by atoms with Gasteiger partial charge in [-0.2, -0.15) is 5.10 Å². The van der Waals surface area contributed by atoms with Crippen molar-refractivity contribution in [2.45, 2.75) is 38.6 Å². The normalized spacial score (nSPS) is 17.6. The fraction of sp³-hybridized carbons (Fsp3) is 0.692. The van der Waals surface area contributed by atoms with Crippen LogP contribution in [0.2, 0.25) is 5.15 Å². The van der Waals surface area contributed by atoms with Crippen LogP contribution in [0.3, 0.4) is 0 Å². The quantitative estimate of drug-likeness (QED) is 0.826. The molecule has 0 amide bonds. The standard InChI is InChI=1S/C13H20ClN3/c1-17(9-11-5-3-2-4-6-11)10-12-7-8-13(14)16-15-12/h7-8,11H,2-6,9-10H2,1H3. The zero-order valence-electron chi connectivity index (χ0n) is 10.4. The van der Waals surface area contributed by atoms with Crippen LogP contribution < -0.4 is 0 Å². The number of aromatic nitrogens is 2. The molecule has 0 saturated heterocycles. The maximum Gasteiger partial charge on any atom is 0.151 e. The molecule has 0 atom stereocenters. The van der Waals surface area contributed by atoms with Crippen molar-refractivity contribution in [3.8, 4) is 0 Å². The molecule has 2 rings (SSSR count). The van der Waals surface area contributed by atoms with Gasteiger partial charge < -0.3 is 4.90 Å². The molecule has 1 saturated carbocycles. The Balaban J connectivity index is 1.79. The molecule has 0 bridgehead atoms. The van der Waals surface area contributed by atoms with Gasteiger partial charge in [-0.05, 0) is 37.9 Å². The number of hydrogen-bond acceptors (Lipinski definition) is 3. The molecule has 0 aliphatic heterocycles. The fourth-order valence-electron chi connectivity index (χ4n) is 2.58. The highest BCUT2D eigenvalue weighted by molar-refractivity contribution is 6.29. The van der Waals surface area contributed by atoms with Crippen LogP contribution in [0.4, 0.5) is 0 Å². The van der Waals surface area contributed by atoms with Gasteiger partial charge in [-0.1, -0.05) is 30.9 Å². The van der Waals surface area contributed by atoms with Crippen LogP contribution in [0.1, 0.15) is 37.8 Å². The van der Waals surface area contributed by atoms with E-state index in [1.165, 1.54) is 38.6 Å². The molecule has 0 N–H and O–H groups in total. The van der Waals surface area contributed by atoms with Gasteiger partial charge in [0.05, 0.1) is 5.69 Å². The summed E-state index contributed by atoms with van der Waals surface area (Å²) in [6.07, 6.45) is 6.99. The van der Waals surface area contributed by atoms with Crippen molar-refractivity contribution in [3.05, 3.63) is 23.0 Å². The van der Waals surface area contributed by atoms with Crippen LogP contribution in [-0.2, 0) is 6.54 Å². The van der Waals surface area contributed by atoms with Crippen LogP contribution in [0.5, 0.6) is 0 Å². The smallest absolute Gasteiger partial charge is 0.151 e. The lowest BCUT2D eigenvalue weighted by molar-refractivity contribution is 0.226. The van der Waals surface area contributed by atoms with Crippen LogP contribution in [0, 0.1) is 5.92 Å². The Morgan fingerprint density at radius 3 is 2.65 bits per heavy atom. The highest BCUT2D eigenvalue weighted by atomic mass is 35.5. The van der Waals surface area contributed by atoms with Crippen LogP contribution in [0.15, 0.2) is 12.1 Å². The first-order valence-corrected chi connectivity index (χ1v) is 6.78. The minimum atomic E-state index is 0.462. The first-order valence-electron chi connectivity index (χ1n) is 6.40. The number of rotatable bonds is 4. The largest absolute Gasteiger partial charge is 0.300 e. The van der Waals surface area contributed by atoms with E-state index in [0.717, 1.165) is 18.2 Å². The topological polar surface area (TPSA) is 29.0 Å². The Morgan fingerprint density at radius 2 is 2.00 bits per heavy atom. The molecular weight excluding hydrogens is 234 g/mol. The summed E-state index contributed by atoms with van der Waals surface area (Å²) in [5.41, 5.74) is 0.993. The second-order valence-electron chi connectivity index (χ2n) is 5.05. The van der Waals surface area contributed by atoms with Gasteiger partial charge in [0.1, 0.15) is 0 Å². The van der Waals surface area contributed by atoms with Gasteiger partial charge >= 0.3 is 0 Å². The first-order chi connectivity index (χ1) is 8.24. The summed E-state index contributed by atoms with van der Waals surface area (Å²) in [6.45, 7) is 2.03. The molecule has 4 heteroatoms. The average Bonchev–Trinajstić information content (AvgIpc) is 2.33. The SMILES string of the molecule is CN(Cc1ccc(Cl)nn1)CC1CCCCC1. The monoisotopic (exact) mass is 253 g/mol. The molecule has 1 heterocycles. The number of halogens is 1. The molecule has 1 aliphatic rings. The highest BCUT2D eigenvalue weighted by Gasteiger charge is 2.15. The molecule has 17 heavy (non-hydrogen) atoms. The van der Waals surface area contributed by atoms with Crippen molar-refractivity contribution in [1.29, 1.82) is 0 Å². The van der Waals surface area contributed by atoms with Gasteiger partial charge in [0.2, 0.25) is 0 Å². The Hall–Kier alpha value is -0.670. The predicted molar refractivity (Wildman–Crippen MR) is 70.0 cm³/mol. The van der Waals surface area contributed by atoms with E-state index in [4.69, 9.17) is 11.6 Å². The van der Waals surface area contributed by atoms with E-state index in [9.17, 15) is 0 Å². The summed E-state index contributed by atoms with van der Waals surface area (Å²) in [7, 11) is 2.16. The van der Waals surface area contributed by atoms with Gasteiger partial charge in [-0.3, -0.25) is 0 Å². The maximum atomic E-state index is 5.72. The lowest BCUT2D eigenvalue weighted by Crippen LogP contribution is -2.27. The molecule has 0 unspecified atom stereocenters. The molecule has 3 nitrogen and oxygen atoms in total. The summed E-state index contributed by atoms with van der Waals surface area (Å²) in [6, 6.07) is 3.76. The van der Waals surface area contributed by atoms with Crippen molar-refractivity contribution in [2.75, 3.05) is 13.6 Å². The number of hydrogen-bond donors (Lipinski definition) is 0. The van der Waals surface area contributed by atoms with Crippen molar-refractivity contribution >= 4 is 11.6 Å². The van der Waals surface area contributed by atoms with Crippen molar-refractivity contribution < 1.29 is 0 Å². The Morgan fingerprint density at radius 1 is 1.24 bits per heavy atom. The molecule has 1 aromatic rings. The molecule has 94 valence electrons. The van der Waals surface area contributed by atoms with Crippen LogP contribution >= 0.6 is 11.6 Å². The van der Waals surface area contributed by atoms with Crippen LogP contribution in [0.25, 0.3) is 0 Å². The third kappa shape index (κ3) is 4.25. The van der Waals surface area contributed by atoms with E-state index in [-0.39, 0.29) is 0 Å². The van der Waals surface area contributed by atoms with E-state index in [1.807, 2.05) is 6.07 Å². The third-order valence-electron chi connectivity index (χ3n) is 3.41. The summed E-state index contributed by atoms with van der Waals surface area (Å²) < 4.78 is 0. The maximum absolute atomic E-state index is 5.72. The minimum absolute atomic E-state index is 0.462. The van der Waals surface area contributed by atoms with Crippen LogP contribution in [-0.4, -0.2) is 28.7 Å². The molecule has 0 spiro atoms. The van der Waals surface area contributed by atoms with Gasteiger partial charge in [-0.15, -0.1) is 5.10 Å². The van der Waals surface area contributed by atoms with Crippen molar-refractivity contribution in [2.24, 2.45) is 5.92 Å². The zero-order valence-corrected chi connectivity index (χ0v) is 11.2. The van der Waals surface area contributed by atoms with Gasteiger partial charge in [-0.25, -0.2) is 0 Å². The van der Waals surface area contributed by atoms with E-state index in [1.54, 1.807) is 6.07 Å². The highest BCUT2D eigenvalue weighted by Crippen LogP contribution is 2.24. The van der Waals surface area contributed by atoms with Gasteiger partial charge in [0, 0.05) is 13.1 Å². The van der Waals surface area contributed by atoms with E-state index >= 15 is 0 Å². The van der Waals surface area contributed by atoms with E-state index in [0.29, 0.717) is 5.15 Å². The summed E-state index contributed by atoms with van der Waals surface area (Å²) in [5.74, 6) is 0.869. The molecule has 0 radical (unpaired) electrons. The van der Waals surface area contributed by atoms with Crippen molar-refractivity contribution in [3.63, 3.8) is 0 Å². The van der Waals surface area contributed by atoms with E-state index < -0.39 is 0 Å². The molecule has 0 aromatic carbocycles. The second-order valence-corrected chi connectivity index (χ2v) is 5.44. The lowest BCUT2D eigenvalue weighted by atomic mass is 9.89. The average molecular weight is 254 g/mol. The van der Waals surface area contributed by atoms with Gasteiger partial charge in [0.25, 0.3) is 0 Å². The minimum Gasteiger partial charge on any atom is -0.300 e. The Bertz CT molecular complexity index is 333. The van der Waals surface area contributed by atoms with E-state index in [2.05, 4.69) is 22.1 Å². The molecule has 1 fully saturated rings. The second kappa shape index (κ2) is 6.31. The molecular formula is C13H20ClN3. The Labute approximate surface area is 108 Å². The van der Waals surface area contributed by atoms with Gasteiger partial charge in [0.15, 0.2) is 5.15 Å². The summed E-state index contributed by atoms with van der Waals surface area (Å²) >= 11 is 5.72. The number of nitrogens with zero attached hydrogens (tertiary/aromatic N) is 3. The molecule has 1 aliphatic carbocycles. The van der Waals surface area contributed by atoms with Crippen molar-refractivity contribution in [1.82, 2.24) is 15.1 Å². The molecule has 1 aromatic heterocycles. The first kappa shape index (κ1) is 12.8. The lowest BCUT2D eigenvalue weighted by Gasteiger charge is -2.26. The third-order valence-corrected chi connectivity index (χ3v) is 3.62. The zero-order chi connectivity index (χ0) is 12.1. The summed E-state index contributed by atoms with van der Waals surface area (Å²) in [5, 5.41) is 8.42. The predicted octanol–water partition coefficient (Wildman–Crippen LogP) is 3.14. The summed E-state index contributed by atoms with van der Waals surface area (Å²) in [4.78, 5) is 2.34. The fourth-order valence-corrected chi connectivity index (χ4v) is 2.68. The Kier molecular flexibility index (Phi) is 4.75.